The van der Waals surface area contributed by atoms with Gasteiger partial charge >= 0.3 is 0 Å². The average molecular weight is 412 g/mol. The fourth-order valence-corrected chi connectivity index (χ4v) is 4.85. The number of aromatic nitrogens is 2. The summed E-state index contributed by atoms with van der Waals surface area (Å²) in [7, 11) is 1.88. The summed E-state index contributed by atoms with van der Waals surface area (Å²) in [5.74, 6) is 0.115. The third kappa shape index (κ3) is 2.31. The van der Waals surface area contributed by atoms with E-state index in [-0.39, 0.29) is 11.8 Å². The molecule has 2 aromatic heterocycles. The Labute approximate surface area is 178 Å². The molecule has 1 aliphatic heterocycles. The number of aryl methyl sites for hydroxylation is 1. The predicted octanol–water partition coefficient (Wildman–Crippen LogP) is 6.28. The van der Waals surface area contributed by atoms with E-state index in [1.165, 1.54) is 0 Å². The van der Waals surface area contributed by atoms with Gasteiger partial charge in [-0.05, 0) is 35.4 Å². The molecule has 0 aliphatic carbocycles. The fraction of sp³-hybridized carbons (Fsp3) is 0.0800. The number of aromatic hydroxyl groups is 1. The summed E-state index contributed by atoms with van der Waals surface area (Å²) >= 11 is 6.29. The minimum atomic E-state index is -0.106. The summed E-state index contributed by atoms with van der Waals surface area (Å²) in [6.07, 6.45) is 2.05. The summed E-state index contributed by atoms with van der Waals surface area (Å²) in [6.45, 7) is 0. The number of halogens is 1. The highest BCUT2D eigenvalue weighted by atomic mass is 35.5. The van der Waals surface area contributed by atoms with Crippen LogP contribution in [0.4, 0.5) is 5.69 Å². The molecule has 1 atom stereocenters. The molecule has 6 rings (SSSR count). The quantitative estimate of drug-likeness (QED) is 0.352. The number of hydrogen-bond acceptors (Lipinski definition) is 2. The van der Waals surface area contributed by atoms with Crippen molar-refractivity contribution in [2.45, 2.75) is 5.92 Å². The van der Waals surface area contributed by atoms with Crippen LogP contribution in [0.25, 0.3) is 21.8 Å². The van der Waals surface area contributed by atoms with Crippen LogP contribution in [0.2, 0.25) is 5.02 Å². The Hall–Kier alpha value is -3.50. The molecule has 0 fully saturated rings. The zero-order valence-corrected chi connectivity index (χ0v) is 17.0. The van der Waals surface area contributed by atoms with E-state index in [1.54, 1.807) is 0 Å². The molecule has 2 N–H and O–H groups in total. The molecule has 146 valence electrons. The summed E-state index contributed by atoms with van der Waals surface area (Å²) < 4.78 is 1.81. The van der Waals surface area contributed by atoms with Gasteiger partial charge in [0.25, 0.3) is 0 Å². The van der Waals surface area contributed by atoms with Gasteiger partial charge in [-0.25, -0.2) is 0 Å². The monoisotopic (exact) mass is 411 g/mol. The number of fused-ring (bicyclic) bond motifs is 3. The van der Waals surface area contributed by atoms with Crippen LogP contribution in [0.3, 0.4) is 0 Å². The van der Waals surface area contributed by atoms with Gasteiger partial charge in [-0.3, -0.25) is 4.99 Å². The highest BCUT2D eigenvalue weighted by Gasteiger charge is 2.35. The zero-order chi connectivity index (χ0) is 20.4. The van der Waals surface area contributed by atoms with Gasteiger partial charge in [-0.1, -0.05) is 54.1 Å². The van der Waals surface area contributed by atoms with Crippen LogP contribution in [-0.4, -0.2) is 20.4 Å². The minimum Gasteiger partial charge on any atom is -0.494 e. The normalized spacial score (nSPS) is 15.7. The van der Waals surface area contributed by atoms with Gasteiger partial charge in [0.2, 0.25) is 5.88 Å². The van der Waals surface area contributed by atoms with E-state index in [0.717, 1.165) is 49.9 Å². The summed E-state index contributed by atoms with van der Waals surface area (Å²) in [5.41, 5.74) is 6.74. The number of para-hydroxylation sites is 2. The molecule has 0 saturated heterocycles. The van der Waals surface area contributed by atoms with E-state index < -0.39 is 0 Å². The summed E-state index contributed by atoms with van der Waals surface area (Å²) in [5, 5.41) is 13.9. The third-order valence-electron chi connectivity index (χ3n) is 6.08. The number of aromatic amines is 1. The second kappa shape index (κ2) is 6.25. The van der Waals surface area contributed by atoms with Gasteiger partial charge in [0, 0.05) is 34.6 Å². The number of H-pyrrole nitrogens is 1. The Morgan fingerprint density at radius 2 is 1.73 bits per heavy atom. The van der Waals surface area contributed by atoms with Crippen LogP contribution in [0.5, 0.6) is 5.88 Å². The first-order valence-electron chi connectivity index (χ1n) is 9.84. The Morgan fingerprint density at radius 1 is 0.967 bits per heavy atom. The number of aliphatic imine (C=N–C) groups is 1. The average Bonchev–Trinajstić information content (AvgIpc) is 3.40. The smallest absolute Gasteiger partial charge is 0.201 e. The number of nitrogens with zero attached hydrogens (tertiary/aromatic N) is 2. The molecule has 4 nitrogen and oxygen atoms in total. The molecule has 1 aliphatic rings. The van der Waals surface area contributed by atoms with Gasteiger partial charge in [0.15, 0.2) is 0 Å². The minimum absolute atomic E-state index is 0.106. The second-order valence-corrected chi connectivity index (χ2v) is 8.13. The number of rotatable bonds is 2. The lowest BCUT2D eigenvalue weighted by atomic mass is 9.85. The maximum atomic E-state index is 11.1. The Morgan fingerprint density at radius 3 is 2.60 bits per heavy atom. The number of nitrogens with one attached hydrogen (secondary N) is 1. The van der Waals surface area contributed by atoms with Crippen molar-refractivity contribution in [2.24, 2.45) is 12.0 Å². The molecule has 3 aromatic carbocycles. The topological polar surface area (TPSA) is 53.3 Å². The largest absolute Gasteiger partial charge is 0.494 e. The molecule has 1 unspecified atom stereocenters. The summed E-state index contributed by atoms with van der Waals surface area (Å²) in [4.78, 5) is 8.38. The molecule has 0 bridgehead atoms. The molecule has 30 heavy (non-hydrogen) atoms. The van der Waals surface area contributed by atoms with E-state index in [1.807, 2.05) is 66.2 Å². The first-order chi connectivity index (χ1) is 14.6. The van der Waals surface area contributed by atoms with Crippen molar-refractivity contribution in [3.05, 3.63) is 94.6 Å². The fourth-order valence-electron chi connectivity index (χ4n) is 4.68. The van der Waals surface area contributed by atoms with Crippen LogP contribution in [0.1, 0.15) is 22.6 Å². The van der Waals surface area contributed by atoms with Crippen LogP contribution >= 0.6 is 11.6 Å². The Kier molecular flexibility index (Phi) is 3.62. The number of benzene rings is 3. The van der Waals surface area contributed by atoms with Gasteiger partial charge in [0.05, 0.1) is 28.4 Å². The molecule has 0 spiro atoms. The Balaban J connectivity index is 1.67. The predicted molar refractivity (Wildman–Crippen MR) is 122 cm³/mol. The molecule has 0 amide bonds. The molecular weight excluding hydrogens is 394 g/mol. The molecule has 3 heterocycles. The zero-order valence-electron chi connectivity index (χ0n) is 16.2. The van der Waals surface area contributed by atoms with Gasteiger partial charge in [0.1, 0.15) is 0 Å². The standard InChI is InChI=1S/C25H18ClN3O/c1-29-21-9-5-3-7-17(21)23(25(29)30)24-22(16-11-10-14(26)12-20(16)28-24)18-13-27-19-8-4-2-6-15(18)19/h2-13,22,27,30H,1H3. The van der Waals surface area contributed by atoms with Crippen LogP contribution in [-0.2, 0) is 7.05 Å². The summed E-state index contributed by atoms with van der Waals surface area (Å²) in [6, 6.07) is 22.1. The van der Waals surface area contributed by atoms with E-state index in [0.29, 0.717) is 5.02 Å². The van der Waals surface area contributed by atoms with Crippen LogP contribution in [0, 0.1) is 0 Å². The number of hydrogen-bond donors (Lipinski definition) is 2. The Bertz CT molecular complexity index is 1490. The van der Waals surface area contributed by atoms with Crippen LogP contribution in [0.15, 0.2) is 77.9 Å². The van der Waals surface area contributed by atoms with E-state index in [2.05, 4.69) is 23.3 Å². The molecule has 0 saturated carbocycles. The second-order valence-electron chi connectivity index (χ2n) is 7.70. The van der Waals surface area contributed by atoms with Crippen molar-refractivity contribution in [2.75, 3.05) is 0 Å². The highest BCUT2D eigenvalue weighted by molar-refractivity contribution is 6.31. The lowest BCUT2D eigenvalue weighted by Gasteiger charge is -2.15. The highest BCUT2D eigenvalue weighted by Crippen LogP contribution is 2.47. The van der Waals surface area contributed by atoms with Gasteiger partial charge in [-0.15, -0.1) is 0 Å². The maximum Gasteiger partial charge on any atom is 0.201 e. The first kappa shape index (κ1) is 17.4. The van der Waals surface area contributed by atoms with Crippen molar-refractivity contribution >= 4 is 44.8 Å². The van der Waals surface area contributed by atoms with E-state index in [9.17, 15) is 5.11 Å². The lowest BCUT2D eigenvalue weighted by Crippen LogP contribution is -2.11. The van der Waals surface area contributed by atoms with E-state index >= 15 is 0 Å². The molecule has 5 heteroatoms. The SMILES string of the molecule is Cn1c(O)c(C2=Nc3cc(Cl)ccc3C2c2c[nH]c3ccccc23)c2ccccc21. The third-order valence-corrected chi connectivity index (χ3v) is 6.32. The molecular formula is C25H18ClN3O. The first-order valence-corrected chi connectivity index (χ1v) is 10.2. The van der Waals surface area contributed by atoms with Gasteiger partial charge in [-0.2, -0.15) is 0 Å². The van der Waals surface area contributed by atoms with Crippen molar-refractivity contribution in [1.82, 2.24) is 9.55 Å². The van der Waals surface area contributed by atoms with Crippen molar-refractivity contribution in [3.63, 3.8) is 0 Å². The van der Waals surface area contributed by atoms with Crippen molar-refractivity contribution < 1.29 is 5.11 Å². The van der Waals surface area contributed by atoms with E-state index in [4.69, 9.17) is 16.6 Å². The maximum absolute atomic E-state index is 11.1. The lowest BCUT2D eigenvalue weighted by molar-refractivity contribution is 0.434. The van der Waals surface area contributed by atoms with Crippen molar-refractivity contribution in [1.29, 1.82) is 0 Å². The van der Waals surface area contributed by atoms with Gasteiger partial charge < -0.3 is 14.7 Å². The molecule has 5 aromatic rings. The van der Waals surface area contributed by atoms with Crippen LogP contribution < -0.4 is 0 Å². The van der Waals surface area contributed by atoms with Crippen molar-refractivity contribution in [3.8, 4) is 5.88 Å². The molecule has 0 radical (unpaired) electrons.